The van der Waals surface area contributed by atoms with Crippen molar-refractivity contribution >= 4 is 11.3 Å². The molecule has 1 heterocycles. The Morgan fingerprint density at radius 2 is 1.95 bits per heavy atom. The fourth-order valence-electron chi connectivity index (χ4n) is 2.69. The maximum Gasteiger partial charge on any atom is 0.423 e. The van der Waals surface area contributed by atoms with Crippen LogP contribution in [-0.4, -0.2) is 16.3 Å². The SMILES string of the molecule is OC(CCC1CCCCC1)(c1nccs1)C(F)(F)F. The van der Waals surface area contributed by atoms with Gasteiger partial charge in [0.25, 0.3) is 0 Å². The van der Waals surface area contributed by atoms with Crippen LogP contribution in [0.3, 0.4) is 0 Å². The van der Waals surface area contributed by atoms with Gasteiger partial charge in [-0.2, -0.15) is 13.2 Å². The van der Waals surface area contributed by atoms with E-state index >= 15 is 0 Å². The summed E-state index contributed by atoms with van der Waals surface area (Å²) in [4.78, 5) is 3.67. The zero-order valence-corrected chi connectivity index (χ0v) is 11.4. The van der Waals surface area contributed by atoms with Gasteiger partial charge in [0.1, 0.15) is 5.01 Å². The van der Waals surface area contributed by atoms with Crippen molar-refractivity contribution in [3.63, 3.8) is 0 Å². The van der Waals surface area contributed by atoms with Crippen molar-refractivity contribution in [3.8, 4) is 0 Å². The highest BCUT2D eigenvalue weighted by atomic mass is 32.1. The van der Waals surface area contributed by atoms with Crippen LogP contribution in [0, 0.1) is 5.92 Å². The molecule has 1 unspecified atom stereocenters. The average Bonchev–Trinajstić information content (AvgIpc) is 2.90. The predicted octanol–water partition coefficient (Wildman–Crippen LogP) is 4.25. The number of halogens is 3. The van der Waals surface area contributed by atoms with Gasteiger partial charge in [-0.05, 0) is 18.8 Å². The molecule has 0 bridgehead atoms. The number of rotatable bonds is 4. The van der Waals surface area contributed by atoms with Gasteiger partial charge in [-0.15, -0.1) is 11.3 Å². The molecule has 6 heteroatoms. The van der Waals surface area contributed by atoms with Gasteiger partial charge in [0.05, 0.1) is 0 Å². The summed E-state index contributed by atoms with van der Waals surface area (Å²) in [6.07, 6.45) is 2.07. The Kier molecular flexibility index (Phi) is 4.50. The Hall–Kier alpha value is -0.620. The molecule has 0 aromatic carbocycles. The van der Waals surface area contributed by atoms with Crippen LogP contribution in [-0.2, 0) is 5.60 Å². The molecule has 2 nitrogen and oxygen atoms in total. The number of hydrogen-bond acceptors (Lipinski definition) is 3. The minimum absolute atomic E-state index is 0.240. The monoisotopic (exact) mass is 293 g/mol. The van der Waals surface area contributed by atoms with Gasteiger partial charge in [-0.3, -0.25) is 0 Å². The zero-order chi connectivity index (χ0) is 13.9. The van der Waals surface area contributed by atoms with E-state index < -0.39 is 11.8 Å². The van der Waals surface area contributed by atoms with E-state index in [1.807, 2.05) is 0 Å². The Labute approximate surface area is 114 Å². The second kappa shape index (κ2) is 5.79. The molecule has 1 saturated carbocycles. The first kappa shape index (κ1) is 14.8. The molecule has 1 atom stereocenters. The second-order valence-electron chi connectivity index (χ2n) is 5.24. The lowest BCUT2D eigenvalue weighted by Gasteiger charge is -2.31. The summed E-state index contributed by atoms with van der Waals surface area (Å²) in [6.45, 7) is 0. The lowest BCUT2D eigenvalue weighted by atomic mass is 9.83. The van der Waals surface area contributed by atoms with Gasteiger partial charge in [-0.1, -0.05) is 32.1 Å². The van der Waals surface area contributed by atoms with E-state index in [0.717, 1.165) is 37.0 Å². The topological polar surface area (TPSA) is 33.1 Å². The molecule has 0 radical (unpaired) electrons. The van der Waals surface area contributed by atoms with Crippen LogP contribution in [0.25, 0.3) is 0 Å². The van der Waals surface area contributed by atoms with Gasteiger partial charge >= 0.3 is 6.18 Å². The number of aliphatic hydroxyl groups is 1. The molecule has 0 aliphatic heterocycles. The van der Waals surface area contributed by atoms with E-state index in [1.54, 1.807) is 0 Å². The summed E-state index contributed by atoms with van der Waals surface area (Å²) in [6, 6.07) is 0. The smallest absolute Gasteiger partial charge is 0.374 e. The molecule has 1 aromatic heterocycles. The van der Waals surface area contributed by atoms with Crippen LogP contribution >= 0.6 is 11.3 Å². The third kappa shape index (κ3) is 3.28. The normalized spacial score (nSPS) is 21.3. The van der Waals surface area contributed by atoms with Gasteiger partial charge < -0.3 is 5.11 Å². The first-order valence-electron chi connectivity index (χ1n) is 6.62. The summed E-state index contributed by atoms with van der Waals surface area (Å²) < 4.78 is 39.4. The van der Waals surface area contributed by atoms with Gasteiger partial charge in [-0.25, -0.2) is 4.98 Å². The lowest BCUT2D eigenvalue weighted by molar-refractivity contribution is -0.270. The van der Waals surface area contributed by atoms with Crippen LogP contribution < -0.4 is 0 Å². The maximum absolute atomic E-state index is 13.1. The molecule has 0 spiro atoms. The van der Waals surface area contributed by atoms with Gasteiger partial charge in [0.2, 0.25) is 5.60 Å². The summed E-state index contributed by atoms with van der Waals surface area (Å²) >= 11 is 0.862. The quantitative estimate of drug-likeness (QED) is 0.900. The number of nitrogens with zero attached hydrogens (tertiary/aromatic N) is 1. The number of thiazole rings is 1. The van der Waals surface area contributed by atoms with Gasteiger partial charge in [0, 0.05) is 11.6 Å². The van der Waals surface area contributed by atoms with Crippen LogP contribution in [0.2, 0.25) is 0 Å². The number of alkyl halides is 3. The first-order chi connectivity index (χ1) is 8.93. The number of aromatic nitrogens is 1. The van der Waals surface area contributed by atoms with Crippen LogP contribution in [0.4, 0.5) is 13.2 Å². The highest BCUT2D eigenvalue weighted by Gasteiger charge is 2.56. The van der Waals surface area contributed by atoms with Crippen molar-refractivity contribution < 1.29 is 18.3 Å². The van der Waals surface area contributed by atoms with E-state index in [-0.39, 0.29) is 11.4 Å². The fourth-order valence-corrected chi connectivity index (χ4v) is 3.47. The van der Waals surface area contributed by atoms with Crippen molar-refractivity contribution in [1.29, 1.82) is 0 Å². The minimum atomic E-state index is -4.67. The summed E-state index contributed by atoms with van der Waals surface area (Å²) in [5.41, 5.74) is -2.78. The molecule has 1 aromatic rings. The lowest BCUT2D eigenvalue weighted by Crippen LogP contribution is -2.42. The van der Waals surface area contributed by atoms with Gasteiger partial charge in [0.15, 0.2) is 0 Å². The Morgan fingerprint density at radius 3 is 2.47 bits per heavy atom. The molecule has 1 aliphatic rings. The Bertz CT molecular complexity index is 387. The van der Waals surface area contributed by atoms with E-state index in [4.69, 9.17) is 0 Å². The molecule has 0 saturated heterocycles. The molecule has 2 rings (SSSR count). The highest BCUT2D eigenvalue weighted by molar-refractivity contribution is 7.09. The maximum atomic E-state index is 13.1. The van der Waals surface area contributed by atoms with Crippen molar-refractivity contribution in [1.82, 2.24) is 4.98 Å². The molecule has 0 amide bonds. The minimum Gasteiger partial charge on any atom is -0.374 e. The van der Waals surface area contributed by atoms with Crippen LogP contribution in [0.5, 0.6) is 0 Å². The largest absolute Gasteiger partial charge is 0.423 e. The van der Waals surface area contributed by atoms with Crippen molar-refractivity contribution in [2.24, 2.45) is 5.92 Å². The molecule has 19 heavy (non-hydrogen) atoms. The average molecular weight is 293 g/mol. The third-order valence-corrected chi connectivity index (χ3v) is 4.82. The van der Waals surface area contributed by atoms with E-state index in [1.165, 1.54) is 18.0 Å². The molecule has 1 aliphatic carbocycles. The molecule has 1 N–H and O–H groups in total. The molecule has 108 valence electrons. The van der Waals surface area contributed by atoms with E-state index in [2.05, 4.69) is 4.98 Å². The number of hydrogen-bond donors (Lipinski definition) is 1. The van der Waals surface area contributed by atoms with Crippen molar-refractivity contribution in [2.75, 3.05) is 0 Å². The third-order valence-electron chi connectivity index (χ3n) is 3.89. The van der Waals surface area contributed by atoms with Crippen molar-refractivity contribution in [2.45, 2.75) is 56.7 Å². The highest BCUT2D eigenvalue weighted by Crippen LogP contribution is 2.44. The Morgan fingerprint density at radius 1 is 1.26 bits per heavy atom. The Balaban J connectivity index is 2.06. The van der Waals surface area contributed by atoms with Crippen LogP contribution in [0.1, 0.15) is 50.0 Å². The van der Waals surface area contributed by atoms with E-state index in [9.17, 15) is 18.3 Å². The van der Waals surface area contributed by atoms with Crippen molar-refractivity contribution in [3.05, 3.63) is 16.6 Å². The first-order valence-corrected chi connectivity index (χ1v) is 7.50. The second-order valence-corrected chi connectivity index (χ2v) is 6.13. The van der Waals surface area contributed by atoms with Crippen LogP contribution in [0.15, 0.2) is 11.6 Å². The summed E-state index contributed by atoms with van der Waals surface area (Å²) in [5.74, 6) is 0.308. The molecular formula is C13H18F3NOS. The zero-order valence-electron chi connectivity index (χ0n) is 10.6. The predicted molar refractivity (Wildman–Crippen MR) is 67.9 cm³/mol. The fraction of sp³-hybridized carbons (Fsp3) is 0.769. The summed E-state index contributed by atoms with van der Waals surface area (Å²) in [5, 5.41) is 11.3. The molecular weight excluding hydrogens is 275 g/mol. The molecule has 1 fully saturated rings. The summed E-state index contributed by atoms with van der Waals surface area (Å²) in [7, 11) is 0. The van der Waals surface area contributed by atoms with E-state index in [0.29, 0.717) is 12.3 Å². The standard InChI is InChI=1S/C13H18F3NOS/c14-13(15,16)12(18,11-17-8-9-19-11)7-6-10-4-2-1-3-5-10/h8-10,18H,1-7H2.